The molecule has 0 radical (unpaired) electrons. The van der Waals surface area contributed by atoms with E-state index in [-0.39, 0.29) is 0 Å². The van der Waals surface area contributed by atoms with Gasteiger partial charge in [0.2, 0.25) is 11.6 Å². The molecule has 27 heavy (non-hydrogen) atoms. The Morgan fingerprint density at radius 3 is 1.41 bits per heavy atom. The zero-order chi connectivity index (χ0) is 20.5. The third-order valence-corrected chi connectivity index (χ3v) is 4.69. The highest BCUT2D eigenvalue weighted by atomic mass is 32.2. The smallest absolute Gasteiger partial charge is 0.275 e. The van der Waals surface area contributed by atoms with Crippen LogP contribution in [0.3, 0.4) is 0 Å². The van der Waals surface area contributed by atoms with Crippen LogP contribution in [0.2, 0.25) is 0 Å². The van der Waals surface area contributed by atoms with Crippen molar-refractivity contribution in [3.05, 3.63) is 79.4 Å². The first-order valence-electron chi connectivity index (χ1n) is 6.68. The van der Waals surface area contributed by atoms with Crippen LogP contribution in [0, 0.1) is 31.9 Å². The first-order chi connectivity index (χ1) is 12.5. The molecule has 0 unspecified atom stereocenters. The van der Waals surface area contributed by atoms with Gasteiger partial charge in [-0.2, -0.15) is 8.78 Å². The summed E-state index contributed by atoms with van der Waals surface area (Å²) in [6, 6.07) is 2.82. The number of nitro groups is 2. The molecular formula is C14H6F2N2O8S. The molecule has 0 saturated heterocycles. The van der Waals surface area contributed by atoms with Crippen LogP contribution in [-0.4, -0.2) is 28.5 Å². The van der Waals surface area contributed by atoms with E-state index in [2.05, 4.69) is 0 Å². The Morgan fingerprint density at radius 1 is 0.778 bits per heavy atom. The highest BCUT2D eigenvalue weighted by molar-refractivity contribution is 8.19. The van der Waals surface area contributed by atoms with Gasteiger partial charge in [-0.25, -0.2) is 8.42 Å². The number of hydrogen-bond donors (Lipinski definition) is 0. The highest BCUT2D eigenvalue weighted by Crippen LogP contribution is 2.23. The highest BCUT2D eigenvalue weighted by Gasteiger charge is 2.35. The number of benzene rings is 2. The molecule has 0 spiro atoms. The van der Waals surface area contributed by atoms with Crippen LogP contribution in [0.4, 0.5) is 20.2 Å². The summed E-state index contributed by atoms with van der Waals surface area (Å²) >= 11 is 0. The molecule has 2 aromatic rings. The second-order valence-electron chi connectivity index (χ2n) is 4.92. The maximum atomic E-state index is 13.3. The fourth-order valence-electron chi connectivity index (χ4n) is 1.95. The Hall–Kier alpha value is -3.61. The summed E-state index contributed by atoms with van der Waals surface area (Å²) in [4.78, 5) is 43.1. The molecule has 10 nitrogen and oxygen atoms in total. The monoisotopic (exact) mass is 400 g/mol. The number of halogens is 2. The lowest BCUT2D eigenvalue weighted by atomic mass is 10.2. The van der Waals surface area contributed by atoms with Crippen molar-refractivity contribution < 1.29 is 36.6 Å². The van der Waals surface area contributed by atoms with Crippen molar-refractivity contribution in [2.24, 2.45) is 0 Å². The van der Waals surface area contributed by atoms with E-state index in [1.165, 1.54) is 0 Å². The quantitative estimate of drug-likeness (QED) is 0.558. The molecule has 0 amide bonds. The lowest BCUT2D eigenvalue weighted by Crippen LogP contribution is -2.24. The van der Waals surface area contributed by atoms with Crippen LogP contribution >= 0.6 is 0 Å². The number of carbonyl (C=O) groups is 2. The summed E-state index contributed by atoms with van der Waals surface area (Å²) in [5.41, 5.74) is -4.12. The van der Waals surface area contributed by atoms with Gasteiger partial charge in [0.1, 0.15) is 0 Å². The summed E-state index contributed by atoms with van der Waals surface area (Å²) in [5, 5.41) is 17.6. The maximum absolute atomic E-state index is 13.3. The zero-order valence-corrected chi connectivity index (χ0v) is 13.6. The molecule has 0 aliphatic heterocycles. The molecule has 0 atom stereocenters. The minimum atomic E-state index is -5.32. The van der Waals surface area contributed by atoms with E-state index < -0.39 is 64.1 Å². The number of carbonyl (C=O) groups excluding carboxylic acids is 2. The molecule has 140 valence electrons. The minimum Gasteiger partial charge on any atom is -0.275 e. The second-order valence-corrected chi connectivity index (χ2v) is 6.67. The standard InChI is InChI=1S/C14H6F2N2O8S/c15-9-3-1-7(5-11(9)17(21)22)13(19)27(25,26)14(20)8-2-4-10(16)12(6-8)18(23)24/h1-6H. The molecule has 0 aliphatic rings. The number of sulfone groups is 1. The molecule has 0 heterocycles. The number of hydrogen-bond acceptors (Lipinski definition) is 8. The second kappa shape index (κ2) is 6.95. The van der Waals surface area contributed by atoms with Crippen molar-refractivity contribution >= 4 is 31.4 Å². The van der Waals surface area contributed by atoms with Crippen LogP contribution in [0.15, 0.2) is 36.4 Å². The van der Waals surface area contributed by atoms with E-state index >= 15 is 0 Å². The number of rotatable bonds is 4. The molecule has 0 fully saturated rings. The number of nitro benzene ring substituents is 2. The molecule has 0 N–H and O–H groups in total. The normalized spacial score (nSPS) is 11.0. The van der Waals surface area contributed by atoms with E-state index in [1.54, 1.807) is 0 Å². The molecular weight excluding hydrogens is 394 g/mol. The molecule has 2 rings (SSSR count). The van der Waals surface area contributed by atoms with Crippen LogP contribution in [0.25, 0.3) is 0 Å². The summed E-state index contributed by atoms with van der Waals surface area (Å²) in [5.74, 6) is -2.68. The van der Waals surface area contributed by atoms with Gasteiger partial charge in [0.05, 0.1) is 9.85 Å². The van der Waals surface area contributed by atoms with Crippen LogP contribution < -0.4 is 0 Å². The van der Waals surface area contributed by atoms with Gasteiger partial charge in [0.25, 0.3) is 20.1 Å². The topological polar surface area (TPSA) is 155 Å². The lowest BCUT2D eigenvalue weighted by Gasteiger charge is -2.04. The molecule has 2 aromatic carbocycles. The molecule has 13 heteroatoms. The predicted octanol–water partition coefficient (Wildman–Crippen LogP) is 2.18. The Labute approximate surface area is 148 Å². The van der Waals surface area contributed by atoms with E-state index in [9.17, 15) is 47.0 Å². The molecule has 0 bridgehead atoms. The van der Waals surface area contributed by atoms with Crippen molar-refractivity contribution in [3.63, 3.8) is 0 Å². The molecule has 0 aromatic heterocycles. The van der Waals surface area contributed by atoms with Crippen molar-refractivity contribution in [2.45, 2.75) is 0 Å². The minimum absolute atomic E-state index is 0.329. The van der Waals surface area contributed by atoms with Crippen molar-refractivity contribution in [1.82, 2.24) is 0 Å². The Morgan fingerprint density at radius 2 is 1.11 bits per heavy atom. The van der Waals surface area contributed by atoms with E-state index in [0.29, 0.717) is 36.4 Å². The van der Waals surface area contributed by atoms with Crippen molar-refractivity contribution in [1.29, 1.82) is 0 Å². The van der Waals surface area contributed by atoms with Gasteiger partial charge in [-0.1, -0.05) is 0 Å². The predicted molar refractivity (Wildman–Crippen MR) is 83.7 cm³/mol. The lowest BCUT2D eigenvalue weighted by molar-refractivity contribution is -0.387. The summed E-state index contributed by atoms with van der Waals surface area (Å²) in [6.45, 7) is 0. The first-order valence-corrected chi connectivity index (χ1v) is 8.16. The third-order valence-electron chi connectivity index (χ3n) is 3.25. The largest absolute Gasteiger partial charge is 0.305 e. The van der Waals surface area contributed by atoms with Gasteiger partial charge < -0.3 is 0 Å². The SMILES string of the molecule is O=C(c1ccc(F)c([N+](=O)[O-])c1)S(=O)(=O)C(=O)c1ccc(F)c([N+](=O)[O-])c1. The van der Waals surface area contributed by atoms with Gasteiger partial charge in [-0.05, 0) is 24.3 Å². The Bertz CT molecular complexity index is 1030. The average Bonchev–Trinajstić information content (AvgIpc) is 2.60. The first kappa shape index (κ1) is 19.7. The van der Waals surface area contributed by atoms with E-state index in [1.807, 2.05) is 0 Å². The summed E-state index contributed by atoms with van der Waals surface area (Å²) in [6.07, 6.45) is 0. The fourth-order valence-corrected chi connectivity index (χ4v) is 3.00. The number of nitrogens with zero attached hydrogens (tertiary/aromatic N) is 2. The van der Waals surface area contributed by atoms with Crippen LogP contribution in [0.1, 0.15) is 20.7 Å². The van der Waals surface area contributed by atoms with Gasteiger partial charge >= 0.3 is 11.4 Å². The van der Waals surface area contributed by atoms with E-state index in [0.717, 1.165) is 0 Å². The maximum Gasteiger partial charge on any atom is 0.305 e. The zero-order valence-electron chi connectivity index (χ0n) is 12.8. The summed E-state index contributed by atoms with van der Waals surface area (Å²) < 4.78 is 50.9. The average molecular weight is 400 g/mol. The molecule has 0 saturated carbocycles. The van der Waals surface area contributed by atoms with Gasteiger partial charge in [-0.15, -0.1) is 0 Å². The van der Waals surface area contributed by atoms with Crippen molar-refractivity contribution in [3.8, 4) is 0 Å². The van der Waals surface area contributed by atoms with Gasteiger partial charge in [0, 0.05) is 23.3 Å². The fraction of sp³-hybridized carbons (Fsp3) is 0. The van der Waals surface area contributed by atoms with Gasteiger partial charge in [0.15, 0.2) is 0 Å². The van der Waals surface area contributed by atoms with Crippen molar-refractivity contribution in [2.75, 3.05) is 0 Å². The third kappa shape index (κ3) is 3.67. The van der Waals surface area contributed by atoms with Crippen LogP contribution in [-0.2, 0) is 9.84 Å². The Kier molecular flexibility index (Phi) is 5.07. The van der Waals surface area contributed by atoms with Crippen LogP contribution in [0.5, 0.6) is 0 Å². The summed E-state index contributed by atoms with van der Waals surface area (Å²) in [7, 11) is -5.32. The van der Waals surface area contributed by atoms with Gasteiger partial charge in [-0.3, -0.25) is 29.8 Å². The van der Waals surface area contributed by atoms with E-state index in [4.69, 9.17) is 0 Å². The Balaban J connectivity index is 2.49. The molecule has 0 aliphatic carbocycles.